The molecule has 0 atom stereocenters. The number of halogens is 3. The second-order valence-corrected chi connectivity index (χ2v) is 3.83. The quantitative estimate of drug-likeness (QED) is 0.379. The molecule has 18 heavy (non-hydrogen) atoms. The fourth-order valence-corrected chi connectivity index (χ4v) is 1.75. The maximum absolute atomic E-state index is 2.22. The van der Waals surface area contributed by atoms with Gasteiger partial charge in [-0.25, -0.2) is 12.1 Å². The molecule has 0 aromatic heterocycles. The maximum Gasteiger partial charge on any atom is 4.00 e. The Labute approximate surface area is 143 Å². The topological polar surface area (TPSA) is 0 Å². The molecule has 0 bridgehead atoms. The molecule has 0 nitrogen and oxygen atoms in total. The zero-order valence-corrected chi connectivity index (χ0v) is 14.2. The molecular formula is C14H15Cl3Ti. The van der Waals surface area contributed by atoms with Crippen molar-refractivity contribution in [2.75, 3.05) is 0 Å². The minimum absolute atomic E-state index is 0. The summed E-state index contributed by atoms with van der Waals surface area (Å²) in [7, 11) is 0. The van der Waals surface area contributed by atoms with Gasteiger partial charge in [0, 0.05) is 0 Å². The van der Waals surface area contributed by atoms with Gasteiger partial charge in [-0.2, -0.15) is 17.7 Å². The molecule has 0 saturated heterocycles. The molecule has 4 heteroatoms. The van der Waals surface area contributed by atoms with E-state index in [0.29, 0.717) is 0 Å². The Hall–Kier alpha value is 0.154. The predicted molar refractivity (Wildman–Crippen MR) is 60.8 cm³/mol. The van der Waals surface area contributed by atoms with Gasteiger partial charge in [0.25, 0.3) is 0 Å². The van der Waals surface area contributed by atoms with Crippen LogP contribution in [0.1, 0.15) is 22.3 Å². The molecule has 0 aliphatic heterocycles. The van der Waals surface area contributed by atoms with Crippen molar-refractivity contribution in [3.05, 3.63) is 64.7 Å². The summed E-state index contributed by atoms with van der Waals surface area (Å²) in [6, 6.07) is 15.1. The third-order valence-corrected chi connectivity index (χ3v) is 2.84. The summed E-state index contributed by atoms with van der Waals surface area (Å²) in [6.45, 7) is 4.37. The molecule has 2 aromatic rings. The van der Waals surface area contributed by atoms with E-state index in [0.717, 1.165) is 6.42 Å². The number of benzene rings is 1. The third kappa shape index (κ3) is 5.86. The summed E-state index contributed by atoms with van der Waals surface area (Å²) in [5.41, 5.74) is 5.65. The van der Waals surface area contributed by atoms with E-state index in [-0.39, 0.29) is 58.9 Å². The standard InChI is InChI=1S/C14H15.3ClH.Ti/c1-11-6-5-9-14(12(11)2)10-13-7-3-4-8-13;;;;/h3-9H,10H2,1-2H3;3*1H;/q-1;;;;+4/p-3. The first kappa shape index (κ1) is 23.3. The molecule has 0 N–H and O–H groups in total. The van der Waals surface area contributed by atoms with E-state index in [4.69, 9.17) is 0 Å². The van der Waals surface area contributed by atoms with E-state index in [1.54, 1.807) is 0 Å². The van der Waals surface area contributed by atoms with Crippen LogP contribution in [0.5, 0.6) is 0 Å². The maximum atomic E-state index is 2.22. The Morgan fingerprint density at radius 3 is 2.00 bits per heavy atom. The van der Waals surface area contributed by atoms with Gasteiger partial charge < -0.3 is 37.2 Å². The minimum Gasteiger partial charge on any atom is -1.00 e. The van der Waals surface area contributed by atoms with Crippen molar-refractivity contribution in [2.45, 2.75) is 20.3 Å². The van der Waals surface area contributed by atoms with Crippen molar-refractivity contribution >= 4 is 0 Å². The molecule has 2 aromatic carbocycles. The Kier molecular flexibility index (Phi) is 14.2. The first-order chi connectivity index (χ1) is 6.77. The summed E-state index contributed by atoms with van der Waals surface area (Å²) in [6.07, 6.45) is 1.06. The van der Waals surface area contributed by atoms with Gasteiger partial charge >= 0.3 is 21.7 Å². The molecule has 0 amide bonds. The van der Waals surface area contributed by atoms with Crippen LogP contribution in [0.2, 0.25) is 0 Å². The molecule has 0 radical (unpaired) electrons. The molecule has 0 aliphatic carbocycles. The predicted octanol–water partition coefficient (Wildman–Crippen LogP) is -5.38. The Morgan fingerprint density at radius 2 is 1.44 bits per heavy atom. The Bertz CT molecular complexity index is 425. The van der Waals surface area contributed by atoms with E-state index in [9.17, 15) is 0 Å². The van der Waals surface area contributed by atoms with Crippen molar-refractivity contribution in [1.82, 2.24) is 0 Å². The van der Waals surface area contributed by atoms with Crippen LogP contribution >= 0.6 is 0 Å². The zero-order valence-electron chi connectivity index (χ0n) is 10.4. The van der Waals surface area contributed by atoms with Crippen LogP contribution in [0.15, 0.2) is 42.5 Å². The van der Waals surface area contributed by atoms with Crippen molar-refractivity contribution in [1.29, 1.82) is 0 Å². The van der Waals surface area contributed by atoms with E-state index >= 15 is 0 Å². The molecule has 96 valence electrons. The molecule has 0 spiro atoms. The normalized spacial score (nSPS) is 8.11. The SMILES string of the molecule is Cc1cccc(C[c-]2cccc2)c1C.[Cl-].[Cl-].[Cl-].[Ti+4]. The zero-order chi connectivity index (χ0) is 9.97. The molecule has 0 unspecified atom stereocenters. The van der Waals surface area contributed by atoms with Crippen molar-refractivity contribution in [2.24, 2.45) is 0 Å². The van der Waals surface area contributed by atoms with Crippen LogP contribution in [-0.4, -0.2) is 0 Å². The summed E-state index contributed by atoms with van der Waals surface area (Å²) < 4.78 is 0. The second kappa shape index (κ2) is 11.0. The number of hydrogen-bond donors (Lipinski definition) is 0. The van der Waals surface area contributed by atoms with Crippen molar-refractivity contribution < 1.29 is 58.9 Å². The first-order valence-corrected chi connectivity index (χ1v) is 5.03. The van der Waals surface area contributed by atoms with Crippen LogP contribution in [0.4, 0.5) is 0 Å². The van der Waals surface area contributed by atoms with Gasteiger partial charge in [-0.1, -0.05) is 23.8 Å². The van der Waals surface area contributed by atoms with Gasteiger partial charge in [0.15, 0.2) is 0 Å². The molecule has 0 fully saturated rings. The van der Waals surface area contributed by atoms with Crippen LogP contribution in [0, 0.1) is 13.8 Å². The van der Waals surface area contributed by atoms with E-state index in [2.05, 4.69) is 56.3 Å². The summed E-state index contributed by atoms with van der Waals surface area (Å²) in [5.74, 6) is 0. The smallest absolute Gasteiger partial charge is 1.00 e. The molecule has 0 saturated carbocycles. The van der Waals surface area contributed by atoms with Crippen molar-refractivity contribution in [3.63, 3.8) is 0 Å². The van der Waals surface area contributed by atoms with E-state index < -0.39 is 0 Å². The minimum atomic E-state index is 0. The molecular weight excluding hydrogens is 322 g/mol. The van der Waals surface area contributed by atoms with Gasteiger partial charge in [0.2, 0.25) is 0 Å². The fraction of sp³-hybridized carbons (Fsp3) is 0.214. The third-order valence-electron chi connectivity index (χ3n) is 2.84. The second-order valence-electron chi connectivity index (χ2n) is 3.83. The van der Waals surface area contributed by atoms with Gasteiger partial charge in [-0.05, 0) is 31.4 Å². The molecule has 0 aliphatic rings. The monoisotopic (exact) mass is 336 g/mol. The Morgan fingerprint density at radius 1 is 0.889 bits per heavy atom. The summed E-state index contributed by atoms with van der Waals surface area (Å²) in [4.78, 5) is 0. The fourth-order valence-electron chi connectivity index (χ4n) is 1.75. The summed E-state index contributed by atoms with van der Waals surface area (Å²) in [5, 5.41) is 0. The van der Waals surface area contributed by atoms with Crippen LogP contribution < -0.4 is 37.2 Å². The summed E-state index contributed by atoms with van der Waals surface area (Å²) >= 11 is 0. The molecule has 0 heterocycles. The van der Waals surface area contributed by atoms with Gasteiger partial charge in [-0.15, -0.1) is 0 Å². The van der Waals surface area contributed by atoms with E-state index in [1.807, 2.05) is 0 Å². The Balaban J connectivity index is -0.000000562. The van der Waals surface area contributed by atoms with Crippen molar-refractivity contribution in [3.8, 4) is 0 Å². The van der Waals surface area contributed by atoms with Gasteiger partial charge in [-0.3, -0.25) is 0 Å². The average Bonchev–Trinajstić information content (AvgIpc) is 2.66. The van der Waals surface area contributed by atoms with Crippen LogP contribution in [0.3, 0.4) is 0 Å². The van der Waals surface area contributed by atoms with E-state index in [1.165, 1.54) is 22.3 Å². The largest absolute Gasteiger partial charge is 4.00 e. The number of aryl methyl sites for hydroxylation is 1. The van der Waals surface area contributed by atoms with Gasteiger partial charge in [0.05, 0.1) is 0 Å². The van der Waals surface area contributed by atoms with Crippen LogP contribution in [0.25, 0.3) is 0 Å². The van der Waals surface area contributed by atoms with Gasteiger partial charge in [0.1, 0.15) is 0 Å². The first-order valence-electron chi connectivity index (χ1n) is 5.03. The van der Waals surface area contributed by atoms with Crippen LogP contribution in [-0.2, 0) is 28.1 Å². The number of rotatable bonds is 2. The average molecular weight is 338 g/mol. The number of hydrogen-bond acceptors (Lipinski definition) is 0. The molecule has 2 rings (SSSR count).